The molecule has 0 fully saturated rings. The summed E-state index contributed by atoms with van der Waals surface area (Å²) < 4.78 is 1.03. The molecule has 1 rings (SSSR count). The molecule has 0 aliphatic heterocycles. The summed E-state index contributed by atoms with van der Waals surface area (Å²) in [5.41, 5.74) is 5.03. The van der Waals surface area contributed by atoms with Gasteiger partial charge in [0.2, 0.25) is 5.82 Å². The summed E-state index contributed by atoms with van der Waals surface area (Å²) in [5.74, 6) is -0.0478. The van der Waals surface area contributed by atoms with Gasteiger partial charge in [0, 0.05) is 0 Å². The van der Waals surface area contributed by atoms with Crippen LogP contribution in [0.3, 0.4) is 0 Å². The monoisotopic (exact) mass is 144 g/mol. The number of nitrogens with one attached hydrogen (secondary N) is 1. The van der Waals surface area contributed by atoms with Crippen LogP contribution in [-0.4, -0.2) is 25.4 Å². The molecule has 1 aromatic heterocycles. The lowest BCUT2D eigenvalue weighted by Crippen LogP contribution is -2.15. The largest absolute Gasteiger partial charge is 0.381 e. The van der Waals surface area contributed by atoms with Crippen molar-refractivity contribution < 1.29 is 0 Å². The molecule has 1 heterocycles. The molecular formula is C2H4N6S. The predicted molar refractivity (Wildman–Crippen MR) is 33.2 cm³/mol. The Hall–Kier alpha value is -1.11. The molecule has 0 aliphatic rings. The Morgan fingerprint density at radius 2 is 2.44 bits per heavy atom. The first-order valence-electron chi connectivity index (χ1n) is 2.04. The van der Waals surface area contributed by atoms with Crippen LogP contribution >= 0.6 is 12.8 Å². The van der Waals surface area contributed by atoms with Gasteiger partial charge in [0.15, 0.2) is 5.84 Å². The molecule has 0 unspecified atom stereocenters. The zero-order valence-electron chi connectivity index (χ0n) is 4.31. The number of nitrogens with zero attached hydrogens (tertiary/aromatic N) is 4. The minimum atomic E-state index is -0.199. The van der Waals surface area contributed by atoms with Crippen molar-refractivity contribution >= 4 is 18.7 Å². The van der Waals surface area contributed by atoms with Gasteiger partial charge >= 0.3 is 0 Å². The molecule has 0 spiro atoms. The Labute approximate surface area is 56.1 Å². The maximum Gasteiger partial charge on any atom is 0.227 e. The van der Waals surface area contributed by atoms with Crippen molar-refractivity contribution in [3.63, 3.8) is 0 Å². The molecule has 0 saturated carbocycles. The average Bonchev–Trinajstić information content (AvgIpc) is 2.13. The molecule has 0 radical (unpaired) electrons. The highest BCUT2D eigenvalue weighted by molar-refractivity contribution is 7.78. The SMILES string of the molecule is N=C(N)c1nnnn1S. The number of nitrogens with two attached hydrogens (primary N) is 1. The van der Waals surface area contributed by atoms with Gasteiger partial charge in [0.05, 0.1) is 0 Å². The van der Waals surface area contributed by atoms with Crippen LogP contribution in [0, 0.1) is 5.41 Å². The smallest absolute Gasteiger partial charge is 0.227 e. The Bertz CT molecular complexity index is 227. The Morgan fingerprint density at radius 1 is 1.78 bits per heavy atom. The third-order valence-corrected chi connectivity index (χ3v) is 0.964. The first-order chi connectivity index (χ1) is 4.22. The van der Waals surface area contributed by atoms with Gasteiger partial charge in [-0.25, -0.2) is 0 Å². The number of amidine groups is 1. The van der Waals surface area contributed by atoms with Crippen LogP contribution in [0.4, 0.5) is 0 Å². The number of rotatable bonds is 1. The van der Waals surface area contributed by atoms with E-state index in [9.17, 15) is 0 Å². The second-order valence-electron chi connectivity index (χ2n) is 1.31. The van der Waals surface area contributed by atoms with Crippen LogP contribution in [-0.2, 0) is 0 Å². The second-order valence-corrected chi connectivity index (χ2v) is 1.68. The summed E-state index contributed by atoms with van der Waals surface area (Å²) >= 11 is 3.75. The van der Waals surface area contributed by atoms with Crippen LogP contribution in [0.15, 0.2) is 0 Å². The van der Waals surface area contributed by atoms with Crippen LogP contribution in [0.1, 0.15) is 5.82 Å². The van der Waals surface area contributed by atoms with Gasteiger partial charge in [0.25, 0.3) is 0 Å². The summed E-state index contributed by atoms with van der Waals surface area (Å²) in [4.78, 5) is 0. The molecule has 0 aromatic carbocycles. The van der Waals surface area contributed by atoms with E-state index in [1.54, 1.807) is 0 Å². The molecule has 1 aromatic rings. The van der Waals surface area contributed by atoms with E-state index in [-0.39, 0.29) is 11.7 Å². The fourth-order valence-corrected chi connectivity index (χ4v) is 0.528. The molecule has 0 saturated heterocycles. The molecule has 3 N–H and O–H groups in total. The van der Waals surface area contributed by atoms with E-state index in [1.165, 1.54) is 0 Å². The average molecular weight is 144 g/mol. The number of aromatic nitrogens is 4. The minimum absolute atomic E-state index is 0.151. The summed E-state index contributed by atoms with van der Waals surface area (Å²) in [6.07, 6.45) is 0. The number of tetrazole rings is 1. The topological polar surface area (TPSA) is 93.5 Å². The molecule has 6 nitrogen and oxygen atoms in total. The van der Waals surface area contributed by atoms with Crippen LogP contribution in [0.2, 0.25) is 0 Å². The maximum atomic E-state index is 6.86. The molecule has 9 heavy (non-hydrogen) atoms. The third-order valence-electron chi connectivity index (χ3n) is 0.695. The van der Waals surface area contributed by atoms with Crippen molar-refractivity contribution in [2.45, 2.75) is 0 Å². The van der Waals surface area contributed by atoms with Crippen molar-refractivity contribution in [2.24, 2.45) is 5.73 Å². The van der Waals surface area contributed by atoms with E-state index >= 15 is 0 Å². The van der Waals surface area contributed by atoms with E-state index in [0.29, 0.717) is 0 Å². The van der Waals surface area contributed by atoms with Gasteiger partial charge < -0.3 is 5.73 Å². The van der Waals surface area contributed by atoms with E-state index in [2.05, 4.69) is 28.3 Å². The first-order valence-corrected chi connectivity index (χ1v) is 2.44. The van der Waals surface area contributed by atoms with Crippen molar-refractivity contribution in [3.05, 3.63) is 5.82 Å². The van der Waals surface area contributed by atoms with Gasteiger partial charge in [0.1, 0.15) is 0 Å². The standard InChI is InChI=1S/C2H4N6S/c3-1(4)2-5-6-7-8(2)9/h9H,(H3,3,4). The molecular weight excluding hydrogens is 140 g/mol. The summed E-state index contributed by atoms with van der Waals surface area (Å²) in [7, 11) is 0. The molecule has 0 aliphatic carbocycles. The van der Waals surface area contributed by atoms with Crippen molar-refractivity contribution in [2.75, 3.05) is 0 Å². The van der Waals surface area contributed by atoms with E-state index in [4.69, 9.17) is 11.1 Å². The normalized spacial score (nSPS) is 9.44. The molecule has 0 atom stereocenters. The highest BCUT2D eigenvalue weighted by Gasteiger charge is 2.03. The van der Waals surface area contributed by atoms with E-state index < -0.39 is 0 Å². The molecule has 48 valence electrons. The van der Waals surface area contributed by atoms with Crippen molar-refractivity contribution in [3.8, 4) is 0 Å². The Morgan fingerprint density at radius 3 is 2.67 bits per heavy atom. The quantitative estimate of drug-likeness (QED) is 0.258. The molecule has 0 amide bonds. The fraction of sp³-hybridized carbons (Fsp3) is 0. The van der Waals surface area contributed by atoms with Gasteiger partial charge in [-0.2, -0.15) is 4.09 Å². The highest BCUT2D eigenvalue weighted by atomic mass is 32.1. The van der Waals surface area contributed by atoms with E-state index in [0.717, 1.165) is 4.09 Å². The number of hydrogen-bond acceptors (Lipinski definition) is 5. The van der Waals surface area contributed by atoms with Gasteiger partial charge in [-0.05, 0) is 23.2 Å². The zero-order valence-corrected chi connectivity index (χ0v) is 5.21. The minimum Gasteiger partial charge on any atom is -0.381 e. The lowest BCUT2D eigenvalue weighted by Gasteiger charge is -1.89. The fourth-order valence-electron chi connectivity index (χ4n) is 0.344. The zero-order chi connectivity index (χ0) is 6.85. The van der Waals surface area contributed by atoms with E-state index in [1.807, 2.05) is 0 Å². The Kier molecular flexibility index (Phi) is 1.35. The van der Waals surface area contributed by atoms with Crippen LogP contribution in [0.5, 0.6) is 0 Å². The highest BCUT2D eigenvalue weighted by Crippen LogP contribution is 1.89. The Balaban J connectivity index is 3.08. The molecule has 7 heteroatoms. The number of nitrogen functional groups attached to an aromatic ring is 1. The summed E-state index contributed by atoms with van der Waals surface area (Å²) in [6.45, 7) is 0. The lowest BCUT2D eigenvalue weighted by molar-refractivity contribution is 0.856. The number of thiol groups is 1. The predicted octanol–water partition coefficient (Wildman–Crippen LogP) is -1.35. The van der Waals surface area contributed by atoms with Gasteiger partial charge in [-0.1, -0.05) is 0 Å². The summed E-state index contributed by atoms with van der Waals surface area (Å²) in [5, 5.41) is 16.8. The third kappa shape index (κ3) is 0.992. The van der Waals surface area contributed by atoms with Gasteiger partial charge in [-0.3, -0.25) is 5.41 Å². The summed E-state index contributed by atoms with van der Waals surface area (Å²) in [6, 6.07) is 0. The first kappa shape index (κ1) is 6.02. The second kappa shape index (κ2) is 2.02. The molecule has 0 bridgehead atoms. The van der Waals surface area contributed by atoms with Crippen molar-refractivity contribution in [1.29, 1.82) is 5.41 Å². The van der Waals surface area contributed by atoms with Crippen LogP contribution in [0.25, 0.3) is 0 Å². The number of hydrogen-bond donors (Lipinski definition) is 3. The van der Waals surface area contributed by atoms with Gasteiger partial charge in [-0.15, -0.1) is 5.10 Å². The lowest BCUT2D eigenvalue weighted by atomic mass is 10.6. The van der Waals surface area contributed by atoms with Crippen molar-refractivity contribution in [1.82, 2.24) is 19.6 Å². The maximum absolute atomic E-state index is 6.86. The van der Waals surface area contributed by atoms with Crippen LogP contribution < -0.4 is 5.73 Å².